The van der Waals surface area contributed by atoms with Gasteiger partial charge in [-0.2, -0.15) is 0 Å². The van der Waals surface area contributed by atoms with E-state index in [4.69, 9.17) is 4.98 Å². The molecule has 28 heavy (non-hydrogen) atoms. The number of benzene rings is 2. The number of halogens is 1. The highest BCUT2D eigenvalue weighted by molar-refractivity contribution is 5.81. The van der Waals surface area contributed by atoms with Crippen molar-refractivity contribution in [3.63, 3.8) is 0 Å². The Labute approximate surface area is 164 Å². The van der Waals surface area contributed by atoms with E-state index in [0.29, 0.717) is 24.6 Å². The number of fused-ring (bicyclic) bond motifs is 1. The molecular weight excluding hydrogens is 353 g/mol. The molecule has 2 aliphatic rings. The summed E-state index contributed by atoms with van der Waals surface area (Å²) in [7, 11) is 0. The third-order valence-corrected chi connectivity index (χ3v) is 6.26. The van der Waals surface area contributed by atoms with Crippen LogP contribution in [0.4, 0.5) is 4.39 Å². The van der Waals surface area contributed by atoms with Crippen LogP contribution in [-0.2, 0) is 11.3 Å². The van der Waals surface area contributed by atoms with Crippen molar-refractivity contribution >= 4 is 16.9 Å². The number of hydrogen-bond donors (Lipinski definition) is 0. The van der Waals surface area contributed by atoms with Gasteiger partial charge < -0.3 is 9.47 Å². The van der Waals surface area contributed by atoms with Gasteiger partial charge in [-0.05, 0) is 31.0 Å². The minimum absolute atomic E-state index is 0.0623. The van der Waals surface area contributed by atoms with Crippen molar-refractivity contribution in [3.05, 3.63) is 65.7 Å². The molecule has 2 aromatic carbocycles. The highest BCUT2D eigenvalue weighted by Crippen LogP contribution is 2.35. The molecule has 1 saturated carbocycles. The average molecular weight is 377 g/mol. The molecule has 144 valence electrons. The molecule has 1 unspecified atom stereocenters. The van der Waals surface area contributed by atoms with E-state index in [1.807, 2.05) is 36.4 Å². The second-order valence-corrected chi connectivity index (χ2v) is 8.02. The highest BCUT2D eigenvalue weighted by atomic mass is 19.1. The van der Waals surface area contributed by atoms with Gasteiger partial charge in [0.2, 0.25) is 5.91 Å². The lowest BCUT2D eigenvalue weighted by Gasteiger charge is -2.24. The minimum atomic E-state index is -0.207. The maximum Gasteiger partial charge on any atom is 0.223 e. The first kappa shape index (κ1) is 17.4. The molecule has 3 aromatic rings. The van der Waals surface area contributed by atoms with Crippen molar-refractivity contribution < 1.29 is 9.18 Å². The first-order valence-corrected chi connectivity index (χ1v) is 10.2. The summed E-state index contributed by atoms with van der Waals surface area (Å²) < 4.78 is 16.4. The zero-order valence-corrected chi connectivity index (χ0v) is 15.9. The fourth-order valence-electron chi connectivity index (χ4n) is 4.84. The Morgan fingerprint density at radius 1 is 1.04 bits per heavy atom. The van der Waals surface area contributed by atoms with E-state index in [0.717, 1.165) is 36.2 Å². The van der Waals surface area contributed by atoms with Gasteiger partial charge in [-0.1, -0.05) is 43.2 Å². The minimum Gasteiger partial charge on any atom is -0.339 e. The number of rotatable bonds is 4. The van der Waals surface area contributed by atoms with Crippen LogP contribution in [0.2, 0.25) is 0 Å². The molecule has 1 atom stereocenters. The summed E-state index contributed by atoms with van der Waals surface area (Å²) in [5.41, 5.74) is 2.54. The van der Waals surface area contributed by atoms with Gasteiger partial charge >= 0.3 is 0 Å². The quantitative estimate of drug-likeness (QED) is 0.672. The highest BCUT2D eigenvalue weighted by Gasteiger charge is 2.38. The van der Waals surface area contributed by atoms with Crippen molar-refractivity contribution in [1.29, 1.82) is 0 Å². The summed E-state index contributed by atoms with van der Waals surface area (Å²) in [4.78, 5) is 19.7. The number of likely N-dealkylation sites (tertiary alicyclic amines) is 1. The van der Waals surface area contributed by atoms with E-state index in [2.05, 4.69) is 9.47 Å². The molecule has 5 heteroatoms. The smallest absolute Gasteiger partial charge is 0.223 e. The summed E-state index contributed by atoms with van der Waals surface area (Å²) in [6.07, 6.45) is 5.15. The molecule has 1 aliphatic heterocycles. The van der Waals surface area contributed by atoms with E-state index in [1.54, 1.807) is 6.07 Å². The molecule has 2 heterocycles. The van der Waals surface area contributed by atoms with Crippen molar-refractivity contribution in [2.75, 3.05) is 6.54 Å². The van der Waals surface area contributed by atoms with Crippen LogP contribution in [-0.4, -0.2) is 32.9 Å². The molecule has 1 aromatic heterocycles. The third-order valence-electron chi connectivity index (χ3n) is 6.26. The number of nitrogens with zero attached hydrogens (tertiary/aromatic N) is 3. The van der Waals surface area contributed by atoms with Crippen LogP contribution < -0.4 is 0 Å². The SMILES string of the molecule is O=C1CC(c2nc3ccccc3n2Cc2ccccc2F)CN1C1CCCC1. The first-order valence-electron chi connectivity index (χ1n) is 10.2. The second kappa shape index (κ2) is 7.04. The van der Waals surface area contributed by atoms with E-state index in [-0.39, 0.29) is 17.6 Å². The lowest BCUT2D eigenvalue weighted by atomic mass is 10.1. The van der Waals surface area contributed by atoms with Gasteiger partial charge in [-0.25, -0.2) is 9.37 Å². The summed E-state index contributed by atoms with van der Waals surface area (Å²) in [5.74, 6) is 0.994. The molecule has 5 rings (SSSR count). The molecule has 2 fully saturated rings. The van der Waals surface area contributed by atoms with Gasteiger partial charge in [-0.3, -0.25) is 4.79 Å². The van der Waals surface area contributed by atoms with Gasteiger partial charge in [-0.15, -0.1) is 0 Å². The molecule has 0 bridgehead atoms. The number of imidazole rings is 1. The van der Waals surface area contributed by atoms with Gasteiger partial charge in [0.1, 0.15) is 11.6 Å². The van der Waals surface area contributed by atoms with Crippen LogP contribution in [0, 0.1) is 5.82 Å². The Hall–Kier alpha value is -2.69. The summed E-state index contributed by atoms with van der Waals surface area (Å²) in [6, 6.07) is 15.2. The van der Waals surface area contributed by atoms with E-state index < -0.39 is 0 Å². The zero-order valence-electron chi connectivity index (χ0n) is 15.9. The molecule has 0 spiro atoms. The average Bonchev–Trinajstić information content (AvgIpc) is 3.42. The third kappa shape index (κ3) is 2.99. The Kier molecular flexibility index (Phi) is 4.38. The number of aromatic nitrogens is 2. The lowest BCUT2D eigenvalue weighted by Crippen LogP contribution is -2.34. The number of hydrogen-bond acceptors (Lipinski definition) is 2. The van der Waals surface area contributed by atoms with Crippen molar-refractivity contribution in [2.45, 2.75) is 50.6 Å². The second-order valence-electron chi connectivity index (χ2n) is 8.02. The largest absolute Gasteiger partial charge is 0.339 e. The van der Waals surface area contributed by atoms with Gasteiger partial charge in [0.25, 0.3) is 0 Å². The number of carbonyl (C=O) groups excluding carboxylic acids is 1. The molecule has 0 N–H and O–H groups in total. The Morgan fingerprint density at radius 3 is 2.61 bits per heavy atom. The number of amides is 1. The lowest BCUT2D eigenvalue weighted by molar-refractivity contribution is -0.129. The van der Waals surface area contributed by atoms with Crippen LogP contribution in [0.25, 0.3) is 11.0 Å². The van der Waals surface area contributed by atoms with Crippen LogP contribution in [0.5, 0.6) is 0 Å². The molecule has 0 radical (unpaired) electrons. The van der Waals surface area contributed by atoms with E-state index >= 15 is 0 Å². The maximum absolute atomic E-state index is 14.3. The van der Waals surface area contributed by atoms with Gasteiger partial charge in [0.05, 0.1) is 17.6 Å². The van der Waals surface area contributed by atoms with Crippen molar-refractivity contribution in [1.82, 2.24) is 14.5 Å². The monoisotopic (exact) mass is 377 g/mol. The van der Waals surface area contributed by atoms with Crippen LogP contribution in [0.1, 0.15) is 49.4 Å². The standard InChI is InChI=1S/C23H24FN3O/c24-19-10-4-1-7-16(19)14-27-21-12-6-5-11-20(21)25-23(27)17-13-22(28)26(15-17)18-8-2-3-9-18/h1,4-7,10-12,17-18H,2-3,8-9,13-15H2. The topological polar surface area (TPSA) is 38.1 Å². The number of para-hydroxylation sites is 2. The first-order chi connectivity index (χ1) is 13.7. The Balaban J connectivity index is 1.52. The summed E-state index contributed by atoms with van der Waals surface area (Å²) >= 11 is 0. The fourth-order valence-corrected chi connectivity index (χ4v) is 4.84. The van der Waals surface area contributed by atoms with Crippen molar-refractivity contribution in [3.8, 4) is 0 Å². The molecular formula is C23H24FN3O. The van der Waals surface area contributed by atoms with Crippen molar-refractivity contribution in [2.24, 2.45) is 0 Å². The Morgan fingerprint density at radius 2 is 1.79 bits per heavy atom. The number of carbonyl (C=O) groups is 1. The summed E-state index contributed by atoms with van der Waals surface area (Å²) in [6.45, 7) is 1.15. The van der Waals surface area contributed by atoms with Gasteiger partial charge in [0, 0.05) is 30.5 Å². The fraction of sp³-hybridized carbons (Fsp3) is 0.391. The predicted molar refractivity (Wildman–Crippen MR) is 107 cm³/mol. The summed E-state index contributed by atoms with van der Waals surface area (Å²) in [5, 5.41) is 0. The molecule has 4 nitrogen and oxygen atoms in total. The molecule has 1 amide bonds. The van der Waals surface area contributed by atoms with Crippen LogP contribution >= 0.6 is 0 Å². The van der Waals surface area contributed by atoms with E-state index in [9.17, 15) is 9.18 Å². The Bertz CT molecular complexity index is 1020. The van der Waals surface area contributed by atoms with Crippen LogP contribution in [0.15, 0.2) is 48.5 Å². The van der Waals surface area contributed by atoms with Gasteiger partial charge in [0.15, 0.2) is 0 Å². The predicted octanol–water partition coefficient (Wildman–Crippen LogP) is 4.48. The van der Waals surface area contributed by atoms with E-state index in [1.165, 1.54) is 18.9 Å². The van der Waals surface area contributed by atoms with Crippen LogP contribution in [0.3, 0.4) is 0 Å². The maximum atomic E-state index is 14.3. The molecule has 1 saturated heterocycles. The zero-order chi connectivity index (χ0) is 19.1. The normalized spacial score (nSPS) is 20.5. The molecule has 1 aliphatic carbocycles.